The van der Waals surface area contributed by atoms with E-state index in [2.05, 4.69) is 29.3 Å². The largest absolute Gasteiger partial charge is 0.329 e. The van der Waals surface area contributed by atoms with Gasteiger partial charge in [0.25, 0.3) is 0 Å². The van der Waals surface area contributed by atoms with Crippen molar-refractivity contribution < 1.29 is 0 Å². The van der Waals surface area contributed by atoms with Gasteiger partial charge in [-0.05, 0) is 30.2 Å². The molecule has 1 unspecified atom stereocenters. The van der Waals surface area contributed by atoms with Crippen LogP contribution in [0.5, 0.6) is 0 Å². The summed E-state index contributed by atoms with van der Waals surface area (Å²) in [4.78, 5) is 4.02. The van der Waals surface area contributed by atoms with Gasteiger partial charge in [0.15, 0.2) is 0 Å². The zero-order chi connectivity index (χ0) is 11.4. The molecule has 0 saturated carbocycles. The van der Waals surface area contributed by atoms with Crippen LogP contribution in [0.15, 0.2) is 17.5 Å². The van der Waals surface area contributed by atoms with Gasteiger partial charge >= 0.3 is 0 Å². The van der Waals surface area contributed by atoms with Crippen molar-refractivity contribution in [2.45, 2.75) is 25.4 Å². The van der Waals surface area contributed by atoms with Crippen molar-refractivity contribution in [3.63, 3.8) is 0 Å². The Hall–Kier alpha value is -0.0300. The molecule has 1 aromatic rings. The van der Waals surface area contributed by atoms with Crippen molar-refractivity contribution in [2.75, 3.05) is 24.6 Å². The molecule has 0 spiro atoms. The lowest BCUT2D eigenvalue weighted by atomic mass is 9.96. The average Bonchev–Trinajstić information content (AvgIpc) is 2.97. The maximum atomic E-state index is 6.02. The summed E-state index contributed by atoms with van der Waals surface area (Å²) in [5, 5.41) is 2.15. The Balaban J connectivity index is 2.08. The van der Waals surface area contributed by atoms with Crippen LogP contribution in [0.25, 0.3) is 0 Å². The minimum absolute atomic E-state index is 0.253. The van der Waals surface area contributed by atoms with Gasteiger partial charge in [0.05, 0.1) is 0 Å². The normalized spacial score (nSPS) is 25.4. The first-order valence-electron chi connectivity index (χ1n) is 5.86. The molecule has 0 bridgehead atoms. The molecule has 90 valence electrons. The lowest BCUT2D eigenvalue weighted by Crippen LogP contribution is -2.53. The fourth-order valence-corrected chi connectivity index (χ4v) is 4.55. The summed E-state index contributed by atoms with van der Waals surface area (Å²) in [5.41, 5.74) is 6.28. The van der Waals surface area contributed by atoms with Gasteiger partial charge in [-0.1, -0.05) is 13.0 Å². The Labute approximate surface area is 106 Å². The number of hydrogen-bond donors (Lipinski definition) is 1. The maximum Gasteiger partial charge on any atom is 0.0433 e. The van der Waals surface area contributed by atoms with E-state index in [4.69, 9.17) is 5.73 Å². The number of rotatable bonds is 5. The Kier molecular flexibility index (Phi) is 4.30. The van der Waals surface area contributed by atoms with E-state index in [0.29, 0.717) is 0 Å². The highest BCUT2D eigenvalue weighted by Gasteiger charge is 2.38. The van der Waals surface area contributed by atoms with Crippen LogP contribution in [0.2, 0.25) is 0 Å². The Morgan fingerprint density at radius 3 is 2.94 bits per heavy atom. The molecule has 1 atom stereocenters. The van der Waals surface area contributed by atoms with Gasteiger partial charge in [-0.15, -0.1) is 11.3 Å². The van der Waals surface area contributed by atoms with E-state index in [1.807, 2.05) is 23.1 Å². The van der Waals surface area contributed by atoms with Gasteiger partial charge in [0, 0.05) is 29.3 Å². The highest BCUT2D eigenvalue weighted by Crippen LogP contribution is 2.33. The summed E-state index contributed by atoms with van der Waals surface area (Å²) in [5.74, 6) is 2.46. The standard InChI is InChI=1S/C12H20N2S2/c1-2-14(8-11-4-3-6-16-11)12(9-13)5-7-15-10-12/h3-4,6H,2,5,7-10,13H2,1H3. The minimum Gasteiger partial charge on any atom is -0.329 e. The van der Waals surface area contributed by atoms with Crippen molar-refractivity contribution in [3.05, 3.63) is 22.4 Å². The highest BCUT2D eigenvalue weighted by atomic mass is 32.2. The quantitative estimate of drug-likeness (QED) is 0.877. The van der Waals surface area contributed by atoms with Crippen molar-refractivity contribution >= 4 is 23.1 Å². The van der Waals surface area contributed by atoms with Gasteiger partial charge in [0.1, 0.15) is 0 Å². The van der Waals surface area contributed by atoms with Crippen molar-refractivity contribution in [1.82, 2.24) is 4.90 Å². The first kappa shape index (κ1) is 12.4. The minimum atomic E-state index is 0.253. The molecule has 4 heteroatoms. The van der Waals surface area contributed by atoms with Gasteiger partial charge in [-0.2, -0.15) is 11.8 Å². The number of likely N-dealkylation sites (N-methyl/N-ethyl adjacent to an activating group) is 1. The molecule has 0 aliphatic carbocycles. The van der Waals surface area contributed by atoms with Gasteiger partial charge in [0.2, 0.25) is 0 Å². The third-order valence-corrected chi connectivity index (χ3v) is 5.54. The van der Waals surface area contributed by atoms with Crippen LogP contribution in [-0.4, -0.2) is 35.0 Å². The highest BCUT2D eigenvalue weighted by molar-refractivity contribution is 7.99. The van der Waals surface area contributed by atoms with Crippen molar-refractivity contribution in [1.29, 1.82) is 0 Å². The third-order valence-electron chi connectivity index (χ3n) is 3.44. The summed E-state index contributed by atoms with van der Waals surface area (Å²) >= 11 is 3.89. The summed E-state index contributed by atoms with van der Waals surface area (Å²) < 4.78 is 0. The fraction of sp³-hybridized carbons (Fsp3) is 0.667. The Morgan fingerprint density at radius 2 is 2.44 bits per heavy atom. The SMILES string of the molecule is CCN(Cc1cccs1)C1(CN)CCSC1. The van der Waals surface area contributed by atoms with E-state index in [-0.39, 0.29) is 5.54 Å². The molecular weight excluding hydrogens is 236 g/mol. The fourth-order valence-electron chi connectivity index (χ4n) is 2.34. The Bertz CT molecular complexity index is 305. The monoisotopic (exact) mass is 256 g/mol. The topological polar surface area (TPSA) is 29.3 Å². The molecule has 0 radical (unpaired) electrons. The second kappa shape index (κ2) is 5.54. The molecule has 2 N–H and O–H groups in total. The van der Waals surface area contributed by atoms with Crippen LogP contribution in [0.4, 0.5) is 0 Å². The van der Waals surface area contributed by atoms with Crippen LogP contribution in [-0.2, 0) is 6.54 Å². The molecule has 2 heterocycles. The summed E-state index contributed by atoms with van der Waals surface area (Å²) in [6.07, 6.45) is 1.24. The second-order valence-corrected chi connectivity index (χ2v) is 6.46. The molecule has 16 heavy (non-hydrogen) atoms. The molecule has 1 aliphatic rings. The third kappa shape index (κ3) is 2.45. The van der Waals surface area contributed by atoms with Gasteiger partial charge in [-0.3, -0.25) is 4.90 Å². The molecule has 2 nitrogen and oxygen atoms in total. The van der Waals surface area contributed by atoms with E-state index >= 15 is 0 Å². The van der Waals surface area contributed by atoms with E-state index in [9.17, 15) is 0 Å². The zero-order valence-electron chi connectivity index (χ0n) is 9.82. The summed E-state index contributed by atoms with van der Waals surface area (Å²) in [6.45, 7) is 5.19. The summed E-state index contributed by atoms with van der Waals surface area (Å²) in [6, 6.07) is 4.35. The molecule has 0 aromatic carbocycles. The number of thiophene rings is 1. The first-order valence-corrected chi connectivity index (χ1v) is 7.89. The number of nitrogens with two attached hydrogens (primary N) is 1. The molecule has 1 aliphatic heterocycles. The van der Waals surface area contributed by atoms with Crippen LogP contribution in [0, 0.1) is 0 Å². The van der Waals surface area contributed by atoms with Gasteiger partial charge < -0.3 is 5.73 Å². The lowest BCUT2D eigenvalue weighted by molar-refractivity contribution is 0.116. The van der Waals surface area contributed by atoms with Crippen molar-refractivity contribution in [2.24, 2.45) is 5.73 Å². The predicted octanol–water partition coefficient (Wildman–Crippen LogP) is 2.40. The number of hydrogen-bond acceptors (Lipinski definition) is 4. The average molecular weight is 256 g/mol. The van der Waals surface area contributed by atoms with Crippen molar-refractivity contribution in [3.8, 4) is 0 Å². The molecular formula is C12H20N2S2. The van der Waals surface area contributed by atoms with E-state index < -0.39 is 0 Å². The summed E-state index contributed by atoms with van der Waals surface area (Å²) in [7, 11) is 0. The molecule has 1 fully saturated rings. The molecule has 2 rings (SSSR count). The zero-order valence-corrected chi connectivity index (χ0v) is 11.4. The van der Waals surface area contributed by atoms with Crippen LogP contribution in [0.1, 0.15) is 18.2 Å². The molecule has 1 saturated heterocycles. The first-order chi connectivity index (χ1) is 7.80. The van der Waals surface area contributed by atoms with Crippen LogP contribution < -0.4 is 5.73 Å². The van der Waals surface area contributed by atoms with Crippen LogP contribution in [0.3, 0.4) is 0 Å². The van der Waals surface area contributed by atoms with Crippen LogP contribution >= 0.6 is 23.1 Å². The maximum absolute atomic E-state index is 6.02. The molecule has 0 amide bonds. The smallest absolute Gasteiger partial charge is 0.0433 e. The predicted molar refractivity (Wildman–Crippen MR) is 74.1 cm³/mol. The number of nitrogens with zero attached hydrogens (tertiary/aromatic N) is 1. The Morgan fingerprint density at radius 1 is 1.56 bits per heavy atom. The lowest BCUT2D eigenvalue weighted by Gasteiger charge is -2.39. The van der Waals surface area contributed by atoms with Gasteiger partial charge in [-0.25, -0.2) is 0 Å². The second-order valence-electron chi connectivity index (χ2n) is 4.32. The van der Waals surface area contributed by atoms with E-state index in [1.54, 1.807) is 0 Å². The van der Waals surface area contributed by atoms with E-state index in [0.717, 1.165) is 19.6 Å². The molecule has 1 aromatic heterocycles. The number of thioether (sulfide) groups is 1. The van der Waals surface area contributed by atoms with E-state index in [1.165, 1.54) is 22.8 Å².